The van der Waals surface area contributed by atoms with Gasteiger partial charge < -0.3 is 9.88 Å². The summed E-state index contributed by atoms with van der Waals surface area (Å²) >= 11 is 1.32. The predicted molar refractivity (Wildman–Crippen MR) is 97.6 cm³/mol. The number of amides is 1. The Hall–Kier alpha value is -1.69. The van der Waals surface area contributed by atoms with Gasteiger partial charge in [-0.1, -0.05) is 26.7 Å². The van der Waals surface area contributed by atoms with Gasteiger partial charge in [0.05, 0.1) is 16.6 Å². The van der Waals surface area contributed by atoms with Crippen molar-refractivity contribution in [2.75, 3.05) is 0 Å². The van der Waals surface area contributed by atoms with Crippen LogP contribution in [0.3, 0.4) is 0 Å². The lowest BCUT2D eigenvalue weighted by Gasteiger charge is -2.34. The maximum Gasteiger partial charge on any atom is 0.262 e. The second-order valence-corrected chi connectivity index (χ2v) is 8.17. The van der Waals surface area contributed by atoms with Crippen molar-refractivity contribution in [1.29, 1.82) is 0 Å². The molecule has 24 heavy (non-hydrogen) atoms. The summed E-state index contributed by atoms with van der Waals surface area (Å²) in [6.07, 6.45) is 6.14. The third-order valence-electron chi connectivity index (χ3n) is 5.21. The zero-order chi connectivity index (χ0) is 17.4. The molecule has 1 fully saturated rings. The van der Waals surface area contributed by atoms with Gasteiger partial charge in [-0.2, -0.15) is 0 Å². The van der Waals surface area contributed by atoms with Crippen LogP contribution in [-0.4, -0.2) is 21.5 Å². The maximum atomic E-state index is 12.8. The van der Waals surface area contributed by atoms with Crippen molar-refractivity contribution < 1.29 is 4.79 Å². The first-order chi connectivity index (χ1) is 11.4. The molecule has 1 amide bonds. The number of carbonyl (C=O) groups excluding carboxylic acids is 1. The van der Waals surface area contributed by atoms with Crippen molar-refractivity contribution in [3.05, 3.63) is 27.1 Å². The molecular weight excluding hydrogens is 322 g/mol. The summed E-state index contributed by atoms with van der Waals surface area (Å²) in [7, 11) is 1.68. The molecule has 1 N–H and O–H groups in total. The van der Waals surface area contributed by atoms with Gasteiger partial charge in [-0.3, -0.25) is 9.59 Å². The molecule has 0 aliphatic heterocycles. The summed E-state index contributed by atoms with van der Waals surface area (Å²) in [5, 5.41) is 3.81. The van der Waals surface area contributed by atoms with E-state index in [0.29, 0.717) is 26.9 Å². The lowest BCUT2D eigenvalue weighted by Crippen LogP contribution is -2.43. The molecule has 0 bridgehead atoms. The topological polar surface area (TPSA) is 64.0 Å². The Balaban J connectivity index is 1.90. The number of fused-ring (bicyclic) bond motifs is 1. The minimum Gasteiger partial charge on any atom is -0.348 e. The summed E-state index contributed by atoms with van der Waals surface area (Å²) in [5.74, 6) is 1.03. The van der Waals surface area contributed by atoms with Crippen LogP contribution in [0.2, 0.25) is 0 Å². The molecular formula is C18H25N3O2S. The van der Waals surface area contributed by atoms with Crippen molar-refractivity contribution >= 4 is 27.5 Å². The molecule has 2 heterocycles. The standard InChI is InChI=1S/C18H25N3O2S/c1-10(2)12-7-5-6-8-13(12)20-16(22)15-11(3)14-17(24-15)19-9-21(4)18(14)23/h9-10,12-13H,5-8H2,1-4H3,(H,20,22). The Morgan fingerprint density at radius 1 is 1.38 bits per heavy atom. The first-order valence-electron chi connectivity index (χ1n) is 8.65. The highest BCUT2D eigenvalue weighted by Gasteiger charge is 2.30. The summed E-state index contributed by atoms with van der Waals surface area (Å²) in [4.78, 5) is 30.7. The lowest BCUT2D eigenvalue weighted by atomic mass is 9.78. The molecule has 1 aliphatic rings. The fourth-order valence-corrected chi connectivity index (χ4v) is 4.84. The van der Waals surface area contributed by atoms with Crippen LogP contribution in [0, 0.1) is 18.8 Å². The SMILES string of the molecule is Cc1c(C(=O)NC2CCCCC2C(C)C)sc2ncn(C)c(=O)c12. The molecule has 0 saturated heterocycles. The molecule has 3 rings (SSSR count). The van der Waals surface area contributed by atoms with Crippen LogP contribution in [-0.2, 0) is 7.05 Å². The van der Waals surface area contributed by atoms with E-state index in [1.54, 1.807) is 7.05 Å². The van der Waals surface area contributed by atoms with Gasteiger partial charge in [0.1, 0.15) is 4.83 Å². The summed E-state index contributed by atoms with van der Waals surface area (Å²) in [6, 6.07) is 0.228. The number of rotatable bonds is 3. The van der Waals surface area contributed by atoms with E-state index < -0.39 is 0 Å². The summed E-state index contributed by atoms with van der Waals surface area (Å²) in [6.45, 7) is 6.30. The smallest absolute Gasteiger partial charge is 0.262 e. The molecule has 2 atom stereocenters. The molecule has 0 spiro atoms. The minimum atomic E-state index is -0.0921. The van der Waals surface area contributed by atoms with Crippen LogP contribution < -0.4 is 10.9 Å². The van der Waals surface area contributed by atoms with Gasteiger partial charge in [0.15, 0.2) is 0 Å². The normalized spacial score (nSPS) is 21.4. The van der Waals surface area contributed by atoms with Crippen LogP contribution in [0.4, 0.5) is 0 Å². The van der Waals surface area contributed by atoms with Crippen LogP contribution in [0.1, 0.15) is 54.8 Å². The van der Waals surface area contributed by atoms with Gasteiger partial charge in [0, 0.05) is 13.1 Å². The highest BCUT2D eigenvalue weighted by molar-refractivity contribution is 7.20. The van der Waals surface area contributed by atoms with Crippen LogP contribution in [0.25, 0.3) is 10.2 Å². The van der Waals surface area contributed by atoms with Crippen molar-refractivity contribution in [1.82, 2.24) is 14.9 Å². The van der Waals surface area contributed by atoms with Crippen molar-refractivity contribution in [2.24, 2.45) is 18.9 Å². The average Bonchev–Trinajstić information content (AvgIpc) is 2.89. The quantitative estimate of drug-likeness (QED) is 0.927. The van der Waals surface area contributed by atoms with E-state index in [1.807, 2.05) is 6.92 Å². The predicted octanol–water partition coefficient (Wildman–Crippen LogP) is 3.25. The third-order valence-corrected chi connectivity index (χ3v) is 6.41. The Labute approximate surface area is 146 Å². The molecule has 2 aromatic rings. The molecule has 5 nitrogen and oxygen atoms in total. The number of nitrogens with one attached hydrogen (secondary N) is 1. The van der Waals surface area contributed by atoms with Gasteiger partial charge in [-0.05, 0) is 37.2 Å². The van der Waals surface area contributed by atoms with E-state index >= 15 is 0 Å². The largest absolute Gasteiger partial charge is 0.348 e. The fraction of sp³-hybridized carbons (Fsp3) is 0.611. The highest BCUT2D eigenvalue weighted by Crippen LogP contribution is 2.32. The molecule has 1 saturated carbocycles. The molecule has 0 radical (unpaired) electrons. The van der Waals surface area contributed by atoms with Gasteiger partial charge in [-0.25, -0.2) is 4.98 Å². The molecule has 130 valence electrons. The monoisotopic (exact) mass is 347 g/mol. The highest BCUT2D eigenvalue weighted by atomic mass is 32.1. The minimum absolute atomic E-state index is 0.0601. The summed E-state index contributed by atoms with van der Waals surface area (Å²) < 4.78 is 1.46. The van der Waals surface area contributed by atoms with Crippen molar-refractivity contribution in [3.63, 3.8) is 0 Å². The number of thiophene rings is 1. The van der Waals surface area contributed by atoms with Crippen molar-refractivity contribution in [2.45, 2.75) is 52.5 Å². The Morgan fingerprint density at radius 3 is 2.79 bits per heavy atom. The van der Waals surface area contributed by atoms with Crippen molar-refractivity contribution in [3.8, 4) is 0 Å². The summed E-state index contributed by atoms with van der Waals surface area (Å²) in [5.41, 5.74) is 0.656. The zero-order valence-electron chi connectivity index (χ0n) is 14.8. The van der Waals surface area contributed by atoms with Crippen LogP contribution >= 0.6 is 11.3 Å². The molecule has 1 aliphatic carbocycles. The molecule has 0 aromatic carbocycles. The number of hydrogen-bond donors (Lipinski definition) is 1. The number of nitrogens with zero attached hydrogens (tertiary/aromatic N) is 2. The number of aryl methyl sites for hydroxylation is 2. The number of hydrogen-bond acceptors (Lipinski definition) is 4. The second-order valence-electron chi connectivity index (χ2n) is 7.17. The van der Waals surface area contributed by atoms with E-state index in [4.69, 9.17) is 0 Å². The number of aromatic nitrogens is 2. The maximum absolute atomic E-state index is 12.8. The average molecular weight is 347 g/mol. The van der Waals surface area contributed by atoms with E-state index in [2.05, 4.69) is 24.1 Å². The molecule has 6 heteroatoms. The Kier molecular flexibility index (Phi) is 4.76. The zero-order valence-corrected chi connectivity index (χ0v) is 15.6. The van der Waals surface area contributed by atoms with E-state index in [-0.39, 0.29) is 17.5 Å². The molecule has 2 unspecified atom stereocenters. The van der Waals surface area contributed by atoms with Crippen LogP contribution in [0.15, 0.2) is 11.1 Å². The lowest BCUT2D eigenvalue weighted by molar-refractivity contribution is 0.0893. The Bertz CT molecular complexity index is 822. The first-order valence-corrected chi connectivity index (χ1v) is 9.47. The van der Waals surface area contributed by atoms with E-state index in [1.165, 1.54) is 41.5 Å². The van der Waals surface area contributed by atoms with Crippen LogP contribution in [0.5, 0.6) is 0 Å². The third kappa shape index (κ3) is 2.99. The Morgan fingerprint density at radius 2 is 2.08 bits per heavy atom. The fourth-order valence-electron chi connectivity index (χ4n) is 3.80. The van der Waals surface area contributed by atoms with Gasteiger partial charge >= 0.3 is 0 Å². The van der Waals surface area contributed by atoms with Gasteiger partial charge in [0.25, 0.3) is 11.5 Å². The number of carbonyl (C=O) groups is 1. The van der Waals surface area contributed by atoms with E-state index in [9.17, 15) is 9.59 Å². The van der Waals surface area contributed by atoms with E-state index in [0.717, 1.165) is 12.0 Å². The van der Waals surface area contributed by atoms with Gasteiger partial charge in [0.2, 0.25) is 0 Å². The first kappa shape index (κ1) is 17.1. The molecule has 2 aromatic heterocycles. The second kappa shape index (κ2) is 6.67. The van der Waals surface area contributed by atoms with Gasteiger partial charge in [-0.15, -0.1) is 11.3 Å².